The number of anilines is 1. The molecule has 8 heteroatoms. The topological polar surface area (TPSA) is 54.0 Å². The van der Waals surface area contributed by atoms with E-state index in [1.807, 2.05) is 36.4 Å². The molecule has 2 N–H and O–H groups in total. The molecule has 0 bridgehead atoms. The highest BCUT2D eigenvalue weighted by Crippen LogP contribution is 2.25. The number of amides is 1. The molecule has 0 aliphatic rings. The lowest BCUT2D eigenvalue weighted by molar-refractivity contribution is 0.0951. The van der Waals surface area contributed by atoms with Gasteiger partial charge in [-0.3, -0.25) is 4.79 Å². The molecule has 0 saturated carbocycles. The summed E-state index contributed by atoms with van der Waals surface area (Å²) in [4.78, 5) is 18.6. The first kappa shape index (κ1) is 20.4. The first-order chi connectivity index (χ1) is 14.5. The van der Waals surface area contributed by atoms with Crippen LogP contribution < -0.4 is 10.6 Å². The van der Waals surface area contributed by atoms with Crippen LogP contribution >= 0.6 is 27.3 Å². The first-order valence-corrected chi connectivity index (χ1v) is 10.7. The average molecular weight is 488 g/mol. The van der Waals surface area contributed by atoms with E-state index in [4.69, 9.17) is 0 Å². The van der Waals surface area contributed by atoms with E-state index in [2.05, 4.69) is 31.5 Å². The van der Waals surface area contributed by atoms with Crippen LogP contribution in [0.3, 0.4) is 0 Å². The molecule has 0 unspecified atom stereocenters. The molecule has 0 saturated heterocycles. The van der Waals surface area contributed by atoms with Crippen molar-refractivity contribution in [2.24, 2.45) is 0 Å². The average Bonchev–Trinajstić information content (AvgIpc) is 3.17. The zero-order valence-electron chi connectivity index (χ0n) is 15.6. The number of carbonyl (C=O) groups excluding carboxylic acids is 1. The molecule has 4 nitrogen and oxygen atoms in total. The minimum Gasteiger partial charge on any atom is -0.364 e. The summed E-state index contributed by atoms with van der Waals surface area (Å²) < 4.78 is 27.6. The van der Waals surface area contributed by atoms with Gasteiger partial charge in [0.05, 0.1) is 21.4 Å². The predicted octanol–water partition coefficient (Wildman–Crippen LogP) is 5.88. The predicted molar refractivity (Wildman–Crippen MR) is 119 cm³/mol. The van der Waals surface area contributed by atoms with Gasteiger partial charge in [0.25, 0.3) is 5.91 Å². The largest absolute Gasteiger partial charge is 0.364 e. The van der Waals surface area contributed by atoms with Gasteiger partial charge < -0.3 is 10.6 Å². The van der Waals surface area contributed by atoms with E-state index in [0.29, 0.717) is 23.5 Å². The monoisotopic (exact) mass is 487 g/mol. The Morgan fingerprint density at radius 3 is 2.60 bits per heavy atom. The van der Waals surface area contributed by atoms with Gasteiger partial charge in [-0.05, 0) is 57.9 Å². The van der Waals surface area contributed by atoms with Crippen molar-refractivity contribution in [3.63, 3.8) is 0 Å². The van der Waals surface area contributed by atoms with Gasteiger partial charge in [-0.15, -0.1) is 11.3 Å². The highest BCUT2D eigenvalue weighted by molar-refractivity contribution is 9.11. The second-order valence-corrected chi connectivity index (χ2v) is 9.12. The van der Waals surface area contributed by atoms with Gasteiger partial charge in [-0.25, -0.2) is 13.8 Å². The summed E-state index contributed by atoms with van der Waals surface area (Å²) in [7, 11) is 0. The van der Waals surface area contributed by atoms with Gasteiger partial charge in [0.1, 0.15) is 5.82 Å². The molecule has 0 aliphatic carbocycles. The second kappa shape index (κ2) is 8.89. The number of thiophene rings is 1. The van der Waals surface area contributed by atoms with Crippen molar-refractivity contribution >= 4 is 49.9 Å². The Bertz CT molecular complexity index is 1230. The van der Waals surface area contributed by atoms with Gasteiger partial charge in [-0.1, -0.05) is 24.3 Å². The van der Waals surface area contributed by atoms with Crippen molar-refractivity contribution in [3.05, 3.63) is 92.1 Å². The van der Waals surface area contributed by atoms with Crippen molar-refractivity contribution in [2.75, 3.05) is 5.32 Å². The maximum atomic E-state index is 13.4. The number of rotatable bonds is 6. The minimum atomic E-state index is -0.946. The fourth-order valence-corrected chi connectivity index (χ4v) is 4.39. The van der Waals surface area contributed by atoms with E-state index in [-0.39, 0.29) is 12.5 Å². The van der Waals surface area contributed by atoms with Crippen LogP contribution in [0.25, 0.3) is 10.9 Å². The molecule has 2 aromatic carbocycles. The summed E-state index contributed by atoms with van der Waals surface area (Å²) in [6, 6.07) is 16.8. The van der Waals surface area contributed by atoms with Crippen LogP contribution in [0.1, 0.15) is 20.8 Å². The molecule has 4 aromatic rings. The van der Waals surface area contributed by atoms with Crippen LogP contribution in [0, 0.1) is 11.6 Å². The van der Waals surface area contributed by atoms with Crippen molar-refractivity contribution < 1.29 is 13.6 Å². The Hall–Kier alpha value is -2.84. The zero-order chi connectivity index (χ0) is 21.1. The number of aromatic nitrogens is 1. The third-order valence-corrected chi connectivity index (χ3v) is 6.09. The highest BCUT2D eigenvalue weighted by Gasteiger charge is 2.15. The molecular formula is C22H16BrF2N3OS. The van der Waals surface area contributed by atoms with Crippen LogP contribution in [0.4, 0.5) is 14.6 Å². The van der Waals surface area contributed by atoms with Gasteiger partial charge >= 0.3 is 0 Å². The zero-order valence-corrected chi connectivity index (χ0v) is 18.0. The smallest absolute Gasteiger partial charge is 0.255 e. The molecule has 1 amide bonds. The summed E-state index contributed by atoms with van der Waals surface area (Å²) in [5.74, 6) is -1.76. The van der Waals surface area contributed by atoms with Gasteiger partial charge in [0.15, 0.2) is 11.6 Å². The van der Waals surface area contributed by atoms with E-state index in [1.54, 1.807) is 17.4 Å². The fraction of sp³-hybridized carbons (Fsp3) is 0.0909. The minimum absolute atomic E-state index is 0.0696. The third kappa shape index (κ3) is 4.66. The lowest BCUT2D eigenvalue weighted by Crippen LogP contribution is -2.24. The molecule has 2 heterocycles. The number of para-hydroxylation sites is 1. The summed E-state index contributed by atoms with van der Waals surface area (Å²) in [5.41, 5.74) is 1.62. The number of hydrogen-bond acceptors (Lipinski definition) is 4. The molecule has 4 rings (SSSR count). The van der Waals surface area contributed by atoms with Crippen LogP contribution in [0.5, 0.6) is 0 Å². The number of fused-ring (bicyclic) bond motifs is 1. The number of hydrogen-bond donors (Lipinski definition) is 2. The standard InChI is InChI=1S/C22H16BrF2N3OS/c23-20-8-6-15(30-20)12-26-21-16(10-14-3-1-2-4-19(14)28-21)22(29)27-11-13-5-7-17(24)18(25)9-13/h1-10H,11-12H2,(H,26,28)(H,27,29). The summed E-state index contributed by atoms with van der Waals surface area (Å²) in [6.07, 6.45) is 0. The molecule has 0 aliphatic heterocycles. The Morgan fingerprint density at radius 1 is 1.00 bits per heavy atom. The van der Waals surface area contributed by atoms with E-state index in [0.717, 1.165) is 31.7 Å². The summed E-state index contributed by atoms with van der Waals surface area (Å²) in [6.45, 7) is 0.589. The highest BCUT2D eigenvalue weighted by atomic mass is 79.9. The Balaban J connectivity index is 1.58. The SMILES string of the molecule is O=C(NCc1ccc(F)c(F)c1)c1cc2ccccc2nc1NCc1ccc(Br)s1. The normalized spacial score (nSPS) is 10.9. The van der Waals surface area contributed by atoms with Crippen molar-refractivity contribution in [1.82, 2.24) is 10.3 Å². The maximum Gasteiger partial charge on any atom is 0.255 e. The Morgan fingerprint density at radius 2 is 1.83 bits per heavy atom. The van der Waals surface area contributed by atoms with Crippen LogP contribution in [-0.4, -0.2) is 10.9 Å². The lowest BCUT2D eigenvalue weighted by atomic mass is 10.1. The third-order valence-electron chi connectivity index (χ3n) is 4.46. The number of pyridine rings is 1. The Kier molecular flexibility index (Phi) is 6.06. The second-order valence-electron chi connectivity index (χ2n) is 6.57. The summed E-state index contributed by atoms with van der Waals surface area (Å²) in [5, 5.41) is 6.83. The lowest BCUT2D eigenvalue weighted by Gasteiger charge is -2.13. The van der Waals surface area contributed by atoms with E-state index in [9.17, 15) is 13.6 Å². The number of benzene rings is 2. The number of halogens is 3. The van der Waals surface area contributed by atoms with Crippen LogP contribution in [0.15, 0.2) is 64.5 Å². The first-order valence-electron chi connectivity index (χ1n) is 9.09. The summed E-state index contributed by atoms with van der Waals surface area (Å²) >= 11 is 5.04. The van der Waals surface area contributed by atoms with Crippen molar-refractivity contribution in [3.8, 4) is 0 Å². The van der Waals surface area contributed by atoms with Crippen LogP contribution in [0.2, 0.25) is 0 Å². The molecule has 152 valence electrons. The quantitative estimate of drug-likeness (QED) is 0.357. The van der Waals surface area contributed by atoms with Gasteiger partial charge in [0, 0.05) is 16.8 Å². The Labute approximate surface area is 184 Å². The van der Waals surface area contributed by atoms with Crippen LogP contribution in [-0.2, 0) is 13.1 Å². The number of carbonyl (C=O) groups is 1. The molecule has 0 fully saturated rings. The number of nitrogens with zero attached hydrogens (tertiary/aromatic N) is 1. The van der Waals surface area contributed by atoms with E-state index < -0.39 is 11.6 Å². The number of nitrogens with one attached hydrogen (secondary N) is 2. The molecule has 0 spiro atoms. The van der Waals surface area contributed by atoms with Gasteiger partial charge in [-0.2, -0.15) is 0 Å². The van der Waals surface area contributed by atoms with Crippen molar-refractivity contribution in [2.45, 2.75) is 13.1 Å². The molecule has 0 radical (unpaired) electrons. The molecule has 2 aromatic heterocycles. The molecular weight excluding hydrogens is 472 g/mol. The van der Waals surface area contributed by atoms with E-state index >= 15 is 0 Å². The molecule has 30 heavy (non-hydrogen) atoms. The fourth-order valence-electron chi connectivity index (χ4n) is 2.97. The van der Waals surface area contributed by atoms with Gasteiger partial charge in [0.2, 0.25) is 0 Å². The molecule has 0 atom stereocenters. The maximum absolute atomic E-state index is 13.4. The van der Waals surface area contributed by atoms with Crippen molar-refractivity contribution in [1.29, 1.82) is 0 Å². The van der Waals surface area contributed by atoms with E-state index in [1.165, 1.54) is 6.07 Å².